The first-order valence-electron chi connectivity index (χ1n) is 5.42. The van der Waals surface area contributed by atoms with Gasteiger partial charge in [0.25, 0.3) is 0 Å². The standard InChI is InChI=1S/C13H14N2O2/c1-15-8-7-14-13(15)11(9-12(16)17)10-5-3-2-4-6-10/h2-8,11H,9H2,1H3,(H,16,17). The minimum Gasteiger partial charge on any atom is -0.481 e. The van der Waals surface area contributed by atoms with Crippen molar-refractivity contribution in [1.29, 1.82) is 0 Å². The number of hydrogen-bond acceptors (Lipinski definition) is 2. The maximum absolute atomic E-state index is 11.0. The Labute approximate surface area is 99.5 Å². The minimum absolute atomic E-state index is 0.0505. The molecule has 1 unspecified atom stereocenters. The fourth-order valence-electron chi connectivity index (χ4n) is 1.93. The van der Waals surface area contributed by atoms with Crippen LogP contribution in [0.5, 0.6) is 0 Å². The van der Waals surface area contributed by atoms with E-state index >= 15 is 0 Å². The first-order chi connectivity index (χ1) is 8.18. The molecule has 4 nitrogen and oxygen atoms in total. The lowest BCUT2D eigenvalue weighted by Gasteiger charge is -2.15. The minimum atomic E-state index is -0.818. The number of aliphatic carboxylic acids is 1. The maximum atomic E-state index is 11.0. The third-order valence-electron chi connectivity index (χ3n) is 2.75. The van der Waals surface area contributed by atoms with Crippen molar-refractivity contribution in [1.82, 2.24) is 9.55 Å². The van der Waals surface area contributed by atoms with Gasteiger partial charge < -0.3 is 9.67 Å². The van der Waals surface area contributed by atoms with Gasteiger partial charge >= 0.3 is 5.97 Å². The first kappa shape index (κ1) is 11.4. The summed E-state index contributed by atoms with van der Waals surface area (Å²) in [6, 6.07) is 9.60. The van der Waals surface area contributed by atoms with E-state index in [1.54, 1.807) is 6.20 Å². The second-order valence-electron chi connectivity index (χ2n) is 3.96. The molecule has 0 radical (unpaired) electrons. The van der Waals surface area contributed by atoms with E-state index in [0.29, 0.717) is 0 Å². The van der Waals surface area contributed by atoms with Crippen LogP contribution >= 0.6 is 0 Å². The number of rotatable bonds is 4. The number of hydrogen-bond donors (Lipinski definition) is 1. The lowest BCUT2D eigenvalue weighted by molar-refractivity contribution is -0.137. The monoisotopic (exact) mass is 230 g/mol. The van der Waals surface area contributed by atoms with E-state index in [-0.39, 0.29) is 12.3 Å². The Bertz CT molecular complexity index is 505. The van der Waals surface area contributed by atoms with Crippen LogP contribution < -0.4 is 0 Å². The molecule has 1 heterocycles. The lowest BCUT2D eigenvalue weighted by atomic mass is 9.95. The summed E-state index contributed by atoms with van der Waals surface area (Å²) in [6.07, 6.45) is 3.56. The molecule has 1 aromatic heterocycles. The number of aryl methyl sites for hydroxylation is 1. The Balaban J connectivity index is 2.39. The van der Waals surface area contributed by atoms with Crippen molar-refractivity contribution < 1.29 is 9.90 Å². The molecule has 0 saturated carbocycles. The number of benzene rings is 1. The van der Waals surface area contributed by atoms with E-state index in [0.717, 1.165) is 11.4 Å². The van der Waals surface area contributed by atoms with Crippen LogP contribution in [0.15, 0.2) is 42.7 Å². The second-order valence-corrected chi connectivity index (χ2v) is 3.96. The SMILES string of the molecule is Cn1ccnc1C(CC(=O)O)c1ccccc1. The van der Waals surface area contributed by atoms with Crippen molar-refractivity contribution in [3.63, 3.8) is 0 Å². The molecular formula is C13H14N2O2. The molecule has 0 spiro atoms. The van der Waals surface area contributed by atoms with Gasteiger partial charge in [-0.25, -0.2) is 4.98 Å². The van der Waals surface area contributed by atoms with Gasteiger partial charge in [0.1, 0.15) is 5.82 Å². The summed E-state index contributed by atoms with van der Waals surface area (Å²) in [7, 11) is 1.88. The van der Waals surface area contributed by atoms with E-state index in [1.165, 1.54) is 0 Å². The summed E-state index contributed by atoms with van der Waals surface area (Å²) in [6.45, 7) is 0. The van der Waals surface area contributed by atoms with E-state index in [1.807, 2.05) is 48.1 Å². The highest BCUT2D eigenvalue weighted by Crippen LogP contribution is 2.26. The average molecular weight is 230 g/mol. The molecule has 1 atom stereocenters. The Morgan fingerprint density at radius 3 is 2.65 bits per heavy atom. The van der Waals surface area contributed by atoms with Crippen LogP contribution in [-0.4, -0.2) is 20.6 Å². The quantitative estimate of drug-likeness (QED) is 0.874. The molecule has 2 aromatic rings. The van der Waals surface area contributed by atoms with Gasteiger partial charge in [0.2, 0.25) is 0 Å². The van der Waals surface area contributed by atoms with Gasteiger partial charge in [0.05, 0.1) is 12.3 Å². The highest BCUT2D eigenvalue weighted by molar-refractivity contribution is 5.68. The van der Waals surface area contributed by atoms with Gasteiger partial charge in [0.15, 0.2) is 0 Å². The zero-order chi connectivity index (χ0) is 12.3. The lowest BCUT2D eigenvalue weighted by Crippen LogP contribution is -2.12. The van der Waals surface area contributed by atoms with Crippen molar-refractivity contribution in [3.05, 3.63) is 54.1 Å². The summed E-state index contributed by atoms with van der Waals surface area (Å²) < 4.78 is 1.86. The predicted molar refractivity (Wildman–Crippen MR) is 63.7 cm³/mol. The van der Waals surface area contributed by atoms with Crippen LogP contribution in [0.3, 0.4) is 0 Å². The molecule has 0 aliphatic carbocycles. The van der Waals surface area contributed by atoms with Gasteiger partial charge in [-0.05, 0) is 5.56 Å². The zero-order valence-electron chi connectivity index (χ0n) is 9.58. The van der Waals surface area contributed by atoms with Crippen molar-refractivity contribution in [2.45, 2.75) is 12.3 Å². The van der Waals surface area contributed by atoms with Gasteiger partial charge in [-0.2, -0.15) is 0 Å². The molecule has 2 rings (SSSR count). The number of carboxylic acids is 1. The number of carboxylic acid groups (broad SMARTS) is 1. The predicted octanol–water partition coefficient (Wildman–Crippen LogP) is 2.03. The summed E-state index contributed by atoms with van der Waals surface area (Å²) in [4.78, 5) is 15.2. The second kappa shape index (κ2) is 4.82. The smallest absolute Gasteiger partial charge is 0.304 e. The number of carbonyl (C=O) groups is 1. The van der Waals surface area contributed by atoms with Crippen molar-refractivity contribution in [2.75, 3.05) is 0 Å². The Hall–Kier alpha value is -2.10. The number of imidazole rings is 1. The molecule has 17 heavy (non-hydrogen) atoms. The molecule has 4 heteroatoms. The summed E-state index contributed by atoms with van der Waals surface area (Å²) in [5.74, 6) is -0.242. The fourth-order valence-corrected chi connectivity index (χ4v) is 1.93. The van der Waals surface area contributed by atoms with Gasteiger partial charge in [0, 0.05) is 19.4 Å². The Morgan fingerprint density at radius 2 is 2.12 bits per heavy atom. The molecule has 0 aliphatic heterocycles. The molecule has 0 aliphatic rings. The van der Waals surface area contributed by atoms with E-state index < -0.39 is 5.97 Å². The van der Waals surface area contributed by atoms with E-state index in [2.05, 4.69) is 4.98 Å². The molecule has 0 amide bonds. The zero-order valence-corrected chi connectivity index (χ0v) is 9.58. The number of aromatic nitrogens is 2. The molecular weight excluding hydrogens is 216 g/mol. The van der Waals surface area contributed by atoms with Crippen molar-refractivity contribution in [2.24, 2.45) is 7.05 Å². The van der Waals surface area contributed by atoms with E-state index in [9.17, 15) is 4.79 Å². The Kier molecular flexibility index (Phi) is 3.23. The third-order valence-corrected chi connectivity index (χ3v) is 2.75. The molecule has 88 valence electrons. The van der Waals surface area contributed by atoms with Crippen LogP contribution in [0.2, 0.25) is 0 Å². The van der Waals surface area contributed by atoms with Gasteiger partial charge in [-0.3, -0.25) is 4.79 Å². The normalized spacial score (nSPS) is 12.3. The van der Waals surface area contributed by atoms with Crippen molar-refractivity contribution >= 4 is 5.97 Å². The molecule has 0 saturated heterocycles. The third kappa shape index (κ3) is 2.53. The fraction of sp³-hybridized carbons (Fsp3) is 0.231. The van der Waals surface area contributed by atoms with Crippen LogP contribution in [0.4, 0.5) is 0 Å². The number of nitrogens with zero attached hydrogens (tertiary/aromatic N) is 2. The highest BCUT2D eigenvalue weighted by atomic mass is 16.4. The van der Waals surface area contributed by atoms with Crippen LogP contribution in [0.1, 0.15) is 23.7 Å². The van der Waals surface area contributed by atoms with Gasteiger partial charge in [-0.1, -0.05) is 30.3 Å². The molecule has 1 N–H and O–H groups in total. The van der Waals surface area contributed by atoms with Gasteiger partial charge in [-0.15, -0.1) is 0 Å². The maximum Gasteiger partial charge on any atom is 0.304 e. The topological polar surface area (TPSA) is 55.1 Å². The molecule has 1 aromatic carbocycles. The molecule has 0 bridgehead atoms. The largest absolute Gasteiger partial charge is 0.481 e. The summed E-state index contributed by atoms with van der Waals surface area (Å²) in [5, 5.41) is 9.00. The summed E-state index contributed by atoms with van der Waals surface area (Å²) in [5.41, 5.74) is 0.976. The summed E-state index contributed by atoms with van der Waals surface area (Å²) >= 11 is 0. The van der Waals surface area contributed by atoms with Crippen LogP contribution in [0, 0.1) is 0 Å². The Morgan fingerprint density at radius 1 is 1.41 bits per heavy atom. The highest BCUT2D eigenvalue weighted by Gasteiger charge is 2.21. The average Bonchev–Trinajstić information content (AvgIpc) is 2.73. The van der Waals surface area contributed by atoms with E-state index in [4.69, 9.17) is 5.11 Å². The van der Waals surface area contributed by atoms with Crippen LogP contribution in [0.25, 0.3) is 0 Å². The van der Waals surface area contributed by atoms with Crippen LogP contribution in [-0.2, 0) is 11.8 Å². The van der Waals surface area contributed by atoms with Crippen molar-refractivity contribution in [3.8, 4) is 0 Å². The first-order valence-corrected chi connectivity index (χ1v) is 5.42. The molecule has 0 fully saturated rings.